The van der Waals surface area contributed by atoms with Gasteiger partial charge in [0.1, 0.15) is 5.37 Å². The van der Waals surface area contributed by atoms with Gasteiger partial charge < -0.3 is 4.90 Å². The number of carbonyl (C=O) groups excluding carboxylic acids is 1. The van der Waals surface area contributed by atoms with Crippen LogP contribution < -0.4 is 0 Å². The van der Waals surface area contributed by atoms with Crippen molar-refractivity contribution in [1.29, 1.82) is 0 Å². The highest BCUT2D eigenvalue weighted by Gasteiger charge is 2.39. The van der Waals surface area contributed by atoms with Gasteiger partial charge in [0.25, 0.3) is 5.91 Å². The van der Waals surface area contributed by atoms with Gasteiger partial charge in [-0.2, -0.15) is 13.2 Å². The first-order valence-corrected chi connectivity index (χ1v) is 9.57. The van der Waals surface area contributed by atoms with Gasteiger partial charge in [-0.25, -0.2) is 0 Å². The molecule has 27 heavy (non-hydrogen) atoms. The Kier molecular flexibility index (Phi) is 4.60. The molecule has 1 atom stereocenters. The molecule has 0 radical (unpaired) electrons. The summed E-state index contributed by atoms with van der Waals surface area (Å²) in [4.78, 5) is 14.6. The van der Waals surface area contributed by atoms with Gasteiger partial charge in [0.15, 0.2) is 0 Å². The summed E-state index contributed by atoms with van der Waals surface area (Å²) in [6.07, 6.45) is -4.45. The molecule has 1 aliphatic heterocycles. The van der Waals surface area contributed by atoms with Crippen LogP contribution in [0.2, 0.25) is 0 Å². The highest BCUT2D eigenvalue weighted by molar-refractivity contribution is 7.99. The lowest BCUT2D eigenvalue weighted by Gasteiger charge is -2.26. The van der Waals surface area contributed by atoms with Crippen molar-refractivity contribution in [3.05, 3.63) is 83.4 Å². The third-order valence-corrected chi connectivity index (χ3v) is 5.92. The lowest BCUT2D eigenvalue weighted by molar-refractivity contribution is -0.138. The van der Waals surface area contributed by atoms with E-state index in [2.05, 4.69) is 0 Å². The van der Waals surface area contributed by atoms with Crippen molar-refractivity contribution >= 4 is 28.4 Å². The summed E-state index contributed by atoms with van der Waals surface area (Å²) in [5.41, 5.74) is -0.0481. The molecule has 3 aromatic carbocycles. The van der Waals surface area contributed by atoms with Crippen LogP contribution in [0.3, 0.4) is 0 Å². The van der Waals surface area contributed by atoms with E-state index >= 15 is 0 Å². The van der Waals surface area contributed by atoms with Crippen molar-refractivity contribution in [1.82, 2.24) is 4.90 Å². The summed E-state index contributed by atoms with van der Waals surface area (Å²) < 4.78 is 40.2. The number of carbonyl (C=O) groups is 1. The highest BCUT2D eigenvalue weighted by Crippen LogP contribution is 2.44. The van der Waals surface area contributed by atoms with Crippen molar-refractivity contribution in [2.45, 2.75) is 11.6 Å². The fourth-order valence-corrected chi connectivity index (χ4v) is 4.69. The maximum atomic E-state index is 13.4. The van der Waals surface area contributed by atoms with Crippen LogP contribution in [-0.2, 0) is 6.18 Å². The topological polar surface area (TPSA) is 20.3 Å². The van der Waals surface area contributed by atoms with Crippen molar-refractivity contribution in [2.24, 2.45) is 0 Å². The second kappa shape index (κ2) is 6.93. The molecule has 1 saturated heterocycles. The van der Waals surface area contributed by atoms with E-state index in [9.17, 15) is 18.0 Å². The molecular weight excluding hydrogens is 371 g/mol. The third kappa shape index (κ3) is 3.41. The van der Waals surface area contributed by atoms with Gasteiger partial charge in [-0.15, -0.1) is 11.8 Å². The highest BCUT2D eigenvalue weighted by atomic mass is 32.2. The van der Waals surface area contributed by atoms with E-state index in [0.29, 0.717) is 17.9 Å². The second-order valence-corrected chi connectivity index (χ2v) is 7.56. The number of alkyl halides is 3. The Morgan fingerprint density at radius 2 is 1.67 bits per heavy atom. The van der Waals surface area contributed by atoms with Crippen LogP contribution in [0.1, 0.15) is 26.9 Å². The van der Waals surface area contributed by atoms with Gasteiger partial charge in [0.2, 0.25) is 0 Å². The molecule has 138 valence electrons. The number of hydrogen-bond donors (Lipinski definition) is 0. The van der Waals surface area contributed by atoms with E-state index < -0.39 is 17.1 Å². The summed E-state index contributed by atoms with van der Waals surface area (Å²) in [5.74, 6) is 0.364. The standard InChI is InChI=1S/C21H16F3NOS/c22-21(23,24)18-8-4-3-7-17(18)20-25(11-12-27-20)19(26)16-10-9-14-5-1-2-6-15(14)13-16/h1-10,13,20H,11-12H2. The van der Waals surface area contributed by atoms with E-state index in [4.69, 9.17) is 0 Å². The fraction of sp³-hybridized carbons (Fsp3) is 0.190. The van der Waals surface area contributed by atoms with Crippen molar-refractivity contribution in [3.8, 4) is 0 Å². The quantitative estimate of drug-likeness (QED) is 0.558. The molecule has 0 spiro atoms. The largest absolute Gasteiger partial charge is 0.416 e. The summed E-state index contributed by atoms with van der Waals surface area (Å²) in [7, 11) is 0. The monoisotopic (exact) mass is 387 g/mol. The zero-order valence-electron chi connectivity index (χ0n) is 14.2. The Balaban J connectivity index is 1.70. The fourth-order valence-electron chi connectivity index (χ4n) is 3.39. The van der Waals surface area contributed by atoms with Crippen LogP contribution in [0, 0.1) is 0 Å². The minimum Gasteiger partial charge on any atom is -0.322 e. The zero-order chi connectivity index (χ0) is 19.0. The van der Waals surface area contributed by atoms with Crippen LogP contribution in [0.15, 0.2) is 66.7 Å². The first-order valence-electron chi connectivity index (χ1n) is 8.52. The summed E-state index contributed by atoms with van der Waals surface area (Å²) in [6.45, 7) is 0.424. The van der Waals surface area contributed by atoms with Crippen LogP contribution in [0.4, 0.5) is 13.2 Å². The van der Waals surface area contributed by atoms with Gasteiger partial charge >= 0.3 is 6.18 Å². The molecule has 1 heterocycles. The lowest BCUT2D eigenvalue weighted by Crippen LogP contribution is -2.31. The molecule has 1 fully saturated rings. The molecule has 6 heteroatoms. The third-order valence-electron chi connectivity index (χ3n) is 4.68. The van der Waals surface area contributed by atoms with Crippen LogP contribution in [-0.4, -0.2) is 23.1 Å². The van der Waals surface area contributed by atoms with Gasteiger partial charge in [-0.1, -0.05) is 48.5 Å². The van der Waals surface area contributed by atoms with E-state index in [1.165, 1.54) is 23.9 Å². The number of thioether (sulfide) groups is 1. The predicted octanol–water partition coefficient (Wildman–Crippen LogP) is 5.75. The van der Waals surface area contributed by atoms with Gasteiger partial charge in [0.05, 0.1) is 5.56 Å². The molecule has 0 aromatic heterocycles. The Morgan fingerprint density at radius 1 is 0.963 bits per heavy atom. The van der Waals surface area contributed by atoms with Crippen LogP contribution in [0.25, 0.3) is 10.8 Å². The Bertz CT molecular complexity index is 1000. The first-order chi connectivity index (χ1) is 12.9. The Labute approximate surface area is 159 Å². The van der Waals surface area contributed by atoms with Gasteiger partial charge in [-0.3, -0.25) is 4.79 Å². The first kappa shape index (κ1) is 17.9. The van der Waals surface area contributed by atoms with Crippen molar-refractivity contribution in [2.75, 3.05) is 12.3 Å². The number of nitrogens with zero attached hydrogens (tertiary/aromatic N) is 1. The molecule has 1 amide bonds. The van der Waals surface area contributed by atoms with E-state index in [0.717, 1.165) is 16.8 Å². The molecule has 1 aliphatic rings. The number of benzene rings is 3. The minimum absolute atomic E-state index is 0.140. The average molecular weight is 387 g/mol. The molecule has 0 N–H and O–H groups in total. The summed E-state index contributed by atoms with van der Waals surface area (Å²) in [6, 6.07) is 18.6. The Hall–Kier alpha value is -2.47. The molecular formula is C21H16F3NOS. The molecule has 4 rings (SSSR count). The number of hydrogen-bond acceptors (Lipinski definition) is 2. The van der Waals surface area contributed by atoms with E-state index in [1.807, 2.05) is 30.3 Å². The van der Waals surface area contributed by atoms with Crippen molar-refractivity contribution < 1.29 is 18.0 Å². The number of amides is 1. The molecule has 3 aromatic rings. The zero-order valence-corrected chi connectivity index (χ0v) is 15.1. The SMILES string of the molecule is O=C(c1ccc2ccccc2c1)N1CCSC1c1ccccc1C(F)(F)F. The molecule has 1 unspecified atom stereocenters. The average Bonchev–Trinajstić information content (AvgIpc) is 3.16. The van der Waals surface area contributed by atoms with Crippen molar-refractivity contribution in [3.63, 3.8) is 0 Å². The minimum atomic E-state index is -4.45. The summed E-state index contributed by atoms with van der Waals surface area (Å²) >= 11 is 1.37. The summed E-state index contributed by atoms with van der Waals surface area (Å²) in [5, 5.41) is 1.31. The molecule has 0 bridgehead atoms. The molecule has 0 aliphatic carbocycles. The molecule has 0 saturated carbocycles. The Morgan fingerprint density at radius 3 is 2.44 bits per heavy atom. The number of rotatable bonds is 2. The van der Waals surface area contributed by atoms with Gasteiger partial charge in [0, 0.05) is 17.9 Å². The number of fused-ring (bicyclic) bond motifs is 1. The van der Waals surface area contributed by atoms with E-state index in [-0.39, 0.29) is 11.5 Å². The maximum absolute atomic E-state index is 13.4. The van der Waals surface area contributed by atoms with Gasteiger partial charge in [-0.05, 0) is 34.5 Å². The maximum Gasteiger partial charge on any atom is 0.416 e. The lowest BCUT2D eigenvalue weighted by atomic mass is 10.0. The second-order valence-electron chi connectivity index (χ2n) is 6.37. The molecule has 2 nitrogen and oxygen atoms in total. The van der Waals surface area contributed by atoms with Crippen LogP contribution >= 0.6 is 11.8 Å². The number of halogens is 3. The smallest absolute Gasteiger partial charge is 0.322 e. The normalized spacial score (nSPS) is 17.4. The van der Waals surface area contributed by atoms with E-state index in [1.54, 1.807) is 23.1 Å². The van der Waals surface area contributed by atoms with Crippen LogP contribution in [0.5, 0.6) is 0 Å². The predicted molar refractivity (Wildman–Crippen MR) is 102 cm³/mol.